The Morgan fingerprint density at radius 1 is 1.35 bits per heavy atom. The summed E-state index contributed by atoms with van der Waals surface area (Å²) in [5, 5.41) is 2.96. The first-order chi connectivity index (χ1) is 9.16. The van der Waals surface area contributed by atoms with Crippen molar-refractivity contribution in [2.75, 3.05) is 12.4 Å². The van der Waals surface area contributed by atoms with Gasteiger partial charge in [-0.1, -0.05) is 32.4 Å². The third kappa shape index (κ3) is 3.95. The number of benzene rings is 1. The van der Waals surface area contributed by atoms with Gasteiger partial charge in [-0.05, 0) is 23.6 Å². The predicted molar refractivity (Wildman–Crippen MR) is 78.9 cm³/mol. The Labute approximate surface area is 123 Å². The van der Waals surface area contributed by atoms with Crippen molar-refractivity contribution in [2.24, 2.45) is 11.1 Å². The minimum Gasteiger partial charge on any atom is -0.465 e. The van der Waals surface area contributed by atoms with Crippen LogP contribution in [0.25, 0.3) is 0 Å². The molecule has 0 aliphatic heterocycles. The molecule has 5 nitrogen and oxygen atoms in total. The molecule has 0 aromatic heterocycles. The number of rotatable bonds is 3. The van der Waals surface area contributed by atoms with Crippen LogP contribution in [0.2, 0.25) is 5.02 Å². The van der Waals surface area contributed by atoms with Crippen LogP contribution in [-0.2, 0) is 9.53 Å². The second-order valence-electron chi connectivity index (χ2n) is 5.52. The van der Waals surface area contributed by atoms with Gasteiger partial charge >= 0.3 is 5.97 Å². The summed E-state index contributed by atoms with van der Waals surface area (Å²) < 4.78 is 4.62. The van der Waals surface area contributed by atoms with Crippen LogP contribution in [0.1, 0.15) is 31.1 Å². The Bertz CT molecular complexity index is 524. The third-order valence-corrected chi connectivity index (χ3v) is 3.19. The van der Waals surface area contributed by atoms with Gasteiger partial charge in [-0.15, -0.1) is 0 Å². The van der Waals surface area contributed by atoms with Crippen LogP contribution in [0, 0.1) is 5.41 Å². The lowest BCUT2D eigenvalue weighted by atomic mass is 9.87. The molecule has 0 aliphatic rings. The highest BCUT2D eigenvalue weighted by Gasteiger charge is 2.28. The molecule has 1 atom stereocenters. The number of hydrogen-bond donors (Lipinski definition) is 2. The second kappa shape index (κ2) is 6.24. The molecule has 0 aliphatic carbocycles. The van der Waals surface area contributed by atoms with Gasteiger partial charge in [0, 0.05) is 0 Å². The van der Waals surface area contributed by atoms with E-state index in [-0.39, 0.29) is 11.3 Å². The SMILES string of the molecule is COC(=O)c1ccc(Cl)c(NC(=O)[C@H](N)C(C)(C)C)c1. The van der Waals surface area contributed by atoms with Gasteiger partial charge in [0.15, 0.2) is 0 Å². The van der Waals surface area contributed by atoms with Gasteiger partial charge in [-0.25, -0.2) is 4.79 Å². The van der Waals surface area contributed by atoms with Gasteiger partial charge in [-0.2, -0.15) is 0 Å². The smallest absolute Gasteiger partial charge is 0.337 e. The van der Waals surface area contributed by atoms with Crippen molar-refractivity contribution < 1.29 is 14.3 Å². The van der Waals surface area contributed by atoms with E-state index in [1.807, 2.05) is 20.8 Å². The van der Waals surface area contributed by atoms with Crippen LogP contribution in [0.5, 0.6) is 0 Å². The highest BCUT2D eigenvalue weighted by Crippen LogP contribution is 2.25. The molecule has 0 heterocycles. The standard InChI is InChI=1S/C14H19ClN2O3/c1-14(2,3)11(16)12(18)17-10-7-8(13(19)20-4)5-6-9(10)15/h5-7,11H,16H2,1-4H3,(H,17,18)/t11-/m0/s1. The van der Waals surface area contributed by atoms with Crippen molar-refractivity contribution >= 4 is 29.2 Å². The fraction of sp³-hybridized carbons (Fsp3) is 0.429. The number of carbonyl (C=O) groups excluding carboxylic acids is 2. The predicted octanol–water partition coefficient (Wildman–Crippen LogP) is 2.44. The zero-order valence-corrected chi connectivity index (χ0v) is 12.7. The summed E-state index contributed by atoms with van der Waals surface area (Å²) in [5.41, 5.74) is 6.13. The van der Waals surface area contributed by atoms with Crippen molar-refractivity contribution in [3.8, 4) is 0 Å². The summed E-state index contributed by atoms with van der Waals surface area (Å²) in [4.78, 5) is 23.5. The number of nitrogens with two attached hydrogens (primary N) is 1. The fourth-order valence-electron chi connectivity index (χ4n) is 1.47. The molecule has 3 N–H and O–H groups in total. The van der Waals surface area contributed by atoms with E-state index in [1.54, 1.807) is 0 Å². The monoisotopic (exact) mass is 298 g/mol. The quantitative estimate of drug-likeness (QED) is 0.840. The number of anilines is 1. The Kier molecular flexibility index (Phi) is 5.14. The first-order valence-electron chi connectivity index (χ1n) is 6.11. The second-order valence-corrected chi connectivity index (χ2v) is 5.93. The van der Waals surface area contributed by atoms with Crippen molar-refractivity contribution in [1.29, 1.82) is 0 Å². The maximum absolute atomic E-state index is 12.1. The number of methoxy groups -OCH3 is 1. The average Bonchev–Trinajstić information content (AvgIpc) is 2.38. The van der Waals surface area contributed by atoms with Gasteiger partial charge in [-0.3, -0.25) is 4.79 Å². The summed E-state index contributed by atoms with van der Waals surface area (Å²) in [6, 6.07) is 3.81. The zero-order valence-electron chi connectivity index (χ0n) is 12.0. The molecule has 1 aromatic carbocycles. The Morgan fingerprint density at radius 2 is 1.95 bits per heavy atom. The Hall–Kier alpha value is -1.59. The molecule has 1 rings (SSSR count). The van der Waals surface area contributed by atoms with Crippen molar-refractivity contribution in [3.63, 3.8) is 0 Å². The molecule has 0 fully saturated rings. The van der Waals surface area contributed by atoms with Crippen LogP contribution < -0.4 is 11.1 Å². The largest absolute Gasteiger partial charge is 0.465 e. The fourth-order valence-corrected chi connectivity index (χ4v) is 1.63. The molecule has 0 radical (unpaired) electrons. The number of carbonyl (C=O) groups is 2. The van der Waals surface area contributed by atoms with E-state index in [4.69, 9.17) is 17.3 Å². The van der Waals surface area contributed by atoms with Crippen LogP contribution in [-0.4, -0.2) is 25.0 Å². The average molecular weight is 299 g/mol. The minimum atomic E-state index is -0.694. The topological polar surface area (TPSA) is 81.4 Å². The maximum atomic E-state index is 12.1. The Balaban J connectivity index is 2.97. The van der Waals surface area contributed by atoms with Crippen LogP contribution in [0.4, 0.5) is 5.69 Å². The summed E-state index contributed by atoms with van der Waals surface area (Å²) >= 11 is 6.00. The van der Waals surface area contributed by atoms with Crippen LogP contribution >= 0.6 is 11.6 Å². The molecule has 110 valence electrons. The van der Waals surface area contributed by atoms with Crippen molar-refractivity contribution in [3.05, 3.63) is 28.8 Å². The van der Waals surface area contributed by atoms with E-state index in [1.165, 1.54) is 25.3 Å². The maximum Gasteiger partial charge on any atom is 0.337 e. The zero-order chi connectivity index (χ0) is 15.5. The van der Waals surface area contributed by atoms with Crippen LogP contribution in [0.3, 0.4) is 0 Å². The molecule has 0 saturated heterocycles. The Morgan fingerprint density at radius 3 is 2.45 bits per heavy atom. The number of esters is 1. The number of hydrogen-bond acceptors (Lipinski definition) is 4. The normalized spacial score (nSPS) is 12.7. The molecule has 1 amide bonds. The summed E-state index contributed by atoms with van der Waals surface area (Å²) in [5.74, 6) is -0.862. The molecule has 1 aromatic rings. The van der Waals surface area contributed by atoms with Crippen molar-refractivity contribution in [1.82, 2.24) is 0 Å². The van der Waals surface area contributed by atoms with Gasteiger partial charge < -0.3 is 15.8 Å². The minimum absolute atomic E-state index is 0.302. The van der Waals surface area contributed by atoms with Gasteiger partial charge in [0.25, 0.3) is 0 Å². The van der Waals surface area contributed by atoms with Crippen molar-refractivity contribution in [2.45, 2.75) is 26.8 Å². The molecular weight excluding hydrogens is 280 g/mol. The third-order valence-electron chi connectivity index (χ3n) is 2.86. The molecule has 0 unspecified atom stereocenters. The molecule has 6 heteroatoms. The molecule has 0 spiro atoms. The summed E-state index contributed by atoms with van der Waals surface area (Å²) in [6.07, 6.45) is 0. The number of amides is 1. The highest BCUT2D eigenvalue weighted by molar-refractivity contribution is 6.34. The molecule has 20 heavy (non-hydrogen) atoms. The van der Waals surface area contributed by atoms with Gasteiger partial charge in [0.1, 0.15) is 0 Å². The molecule has 0 saturated carbocycles. The van der Waals surface area contributed by atoms with E-state index in [9.17, 15) is 9.59 Å². The first kappa shape index (κ1) is 16.5. The highest BCUT2D eigenvalue weighted by atomic mass is 35.5. The van der Waals surface area contributed by atoms with E-state index < -0.39 is 12.0 Å². The van der Waals surface area contributed by atoms with E-state index in [0.29, 0.717) is 16.3 Å². The van der Waals surface area contributed by atoms with E-state index in [0.717, 1.165) is 0 Å². The number of nitrogens with one attached hydrogen (secondary N) is 1. The summed E-state index contributed by atoms with van der Waals surface area (Å²) in [6.45, 7) is 5.59. The lowest BCUT2D eigenvalue weighted by Gasteiger charge is -2.26. The van der Waals surface area contributed by atoms with E-state index in [2.05, 4.69) is 10.1 Å². The molecule has 0 bridgehead atoms. The van der Waals surface area contributed by atoms with E-state index >= 15 is 0 Å². The van der Waals surface area contributed by atoms with Gasteiger partial charge in [0.05, 0.1) is 29.4 Å². The molecular formula is C14H19ClN2O3. The lowest BCUT2D eigenvalue weighted by molar-refractivity contribution is -0.119. The number of ether oxygens (including phenoxy) is 1. The first-order valence-corrected chi connectivity index (χ1v) is 6.49. The summed E-state index contributed by atoms with van der Waals surface area (Å²) in [7, 11) is 1.28. The van der Waals surface area contributed by atoms with Crippen LogP contribution in [0.15, 0.2) is 18.2 Å². The lowest BCUT2D eigenvalue weighted by Crippen LogP contribution is -2.45. The number of halogens is 1. The van der Waals surface area contributed by atoms with Gasteiger partial charge in [0.2, 0.25) is 5.91 Å².